The highest BCUT2D eigenvalue weighted by molar-refractivity contribution is 9.10. The summed E-state index contributed by atoms with van der Waals surface area (Å²) < 4.78 is 44.8. The lowest BCUT2D eigenvalue weighted by Crippen LogP contribution is -2.40. The van der Waals surface area contributed by atoms with Gasteiger partial charge in [0, 0.05) is 10.0 Å². The standard InChI is InChI=1S/C35H34BrFN2O7S/c1-7-44-34(41)30-20(4)38-35-39(31(30)22-10-13-26(46-19(2)3)27(15-22)42-5)33(40)29(47-35)16-23-14-24(36)17-28(43-6)32(23)45-18-21-8-11-25(37)12-9-21/h8-17,19,31H,7,18H2,1-6H3/b29-16+/t31-/m0/s1. The zero-order valence-electron chi connectivity index (χ0n) is 26.8. The molecule has 3 aromatic carbocycles. The molecule has 0 fully saturated rings. The van der Waals surface area contributed by atoms with Gasteiger partial charge in [-0.05, 0) is 81.3 Å². The predicted molar refractivity (Wildman–Crippen MR) is 181 cm³/mol. The molecule has 0 spiro atoms. The topological polar surface area (TPSA) is 97.6 Å². The lowest BCUT2D eigenvalue weighted by atomic mass is 9.95. The van der Waals surface area contributed by atoms with Gasteiger partial charge in [0.05, 0.1) is 48.8 Å². The normalized spacial score (nSPS) is 14.5. The Morgan fingerprint density at radius 3 is 2.45 bits per heavy atom. The summed E-state index contributed by atoms with van der Waals surface area (Å²) in [6.07, 6.45) is 1.61. The Balaban J connectivity index is 1.67. The van der Waals surface area contributed by atoms with Gasteiger partial charge in [0.15, 0.2) is 27.8 Å². The first kappa shape index (κ1) is 33.9. The van der Waals surface area contributed by atoms with Gasteiger partial charge in [-0.1, -0.05) is 45.5 Å². The van der Waals surface area contributed by atoms with Crippen molar-refractivity contribution in [1.82, 2.24) is 4.57 Å². The molecule has 1 aliphatic rings. The second kappa shape index (κ2) is 14.6. The lowest BCUT2D eigenvalue weighted by Gasteiger charge is -2.25. The highest BCUT2D eigenvalue weighted by atomic mass is 79.9. The van der Waals surface area contributed by atoms with E-state index in [1.54, 1.807) is 56.3 Å². The predicted octanol–water partition coefficient (Wildman–Crippen LogP) is 6.08. The summed E-state index contributed by atoms with van der Waals surface area (Å²) in [4.78, 5) is 32.7. The van der Waals surface area contributed by atoms with Crippen LogP contribution in [-0.2, 0) is 16.1 Å². The number of rotatable bonds is 11. The van der Waals surface area contributed by atoms with Crippen molar-refractivity contribution in [3.63, 3.8) is 0 Å². The Labute approximate surface area is 283 Å². The van der Waals surface area contributed by atoms with Crippen molar-refractivity contribution >= 4 is 39.3 Å². The number of fused-ring (bicyclic) bond motifs is 1. The fraction of sp³-hybridized carbons (Fsp3) is 0.286. The van der Waals surface area contributed by atoms with Crippen LogP contribution in [0.3, 0.4) is 0 Å². The van der Waals surface area contributed by atoms with E-state index in [0.717, 1.165) is 5.56 Å². The maximum absolute atomic E-state index is 14.3. The van der Waals surface area contributed by atoms with Gasteiger partial charge >= 0.3 is 5.97 Å². The van der Waals surface area contributed by atoms with Crippen LogP contribution in [0.1, 0.15) is 50.4 Å². The third kappa shape index (κ3) is 7.28. The molecule has 0 saturated carbocycles. The first-order valence-corrected chi connectivity index (χ1v) is 16.4. The van der Waals surface area contributed by atoms with Crippen LogP contribution < -0.4 is 33.8 Å². The van der Waals surface area contributed by atoms with Crippen molar-refractivity contribution in [2.75, 3.05) is 20.8 Å². The van der Waals surface area contributed by atoms with Crippen LogP contribution in [0.15, 0.2) is 80.1 Å². The van der Waals surface area contributed by atoms with E-state index in [-0.39, 0.29) is 36.3 Å². The van der Waals surface area contributed by atoms with Crippen molar-refractivity contribution in [1.29, 1.82) is 0 Å². The maximum Gasteiger partial charge on any atom is 0.338 e. The van der Waals surface area contributed by atoms with Gasteiger partial charge in [0.2, 0.25) is 0 Å². The molecule has 1 aliphatic heterocycles. The molecular formula is C35H34BrFN2O7S. The number of methoxy groups -OCH3 is 2. The summed E-state index contributed by atoms with van der Waals surface area (Å²) in [7, 11) is 3.06. The smallest absolute Gasteiger partial charge is 0.338 e. The van der Waals surface area contributed by atoms with E-state index in [4.69, 9.17) is 23.7 Å². The molecule has 4 aromatic rings. The van der Waals surface area contributed by atoms with Crippen molar-refractivity contribution in [3.05, 3.63) is 113 Å². The quantitative estimate of drug-likeness (QED) is 0.173. The lowest BCUT2D eigenvalue weighted by molar-refractivity contribution is -0.139. The summed E-state index contributed by atoms with van der Waals surface area (Å²) >= 11 is 4.71. The van der Waals surface area contributed by atoms with Gasteiger partial charge in [-0.2, -0.15) is 0 Å². The molecule has 1 atom stereocenters. The molecule has 0 radical (unpaired) electrons. The molecule has 5 rings (SSSR count). The second-order valence-electron chi connectivity index (χ2n) is 10.8. The number of thiazole rings is 1. The largest absolute Gasteiger partial charge is 0.493 e. The van der Waals surface area contributed by atoms with Gasteiger partial charge in [-0.15, -0.1) is 0 Å². The van der Waals surface area contributed by atoms with Gasteiger partial charge in [-0.3, -0.25) is 9.36 Å². The summed E-state index contributed by atoms with van der Waals surface area (Å²) in [5.74, 6) is 0.923. The van der Waals surface area contributed by atoms with Crippen LogP contribution in [0.5, 0.6) is 23.0 Å². The molecule has 9 nitrogen and oxygen atoms in total. The number of halogens is 2. The molecule has 246 valence electrons. The Morgan fingerprint density at radius 2 is 1.79 bits per heavy atom. The Kier molecular flexibility index (Phi) is 10.5. The van der Waals surface area contributed by atoms with Crippen molar-refractivity contribution in [2.24, 2.45) is 4.99 Å². The number of hydrogen-bond donors (Lipinski definition) is 0. The van der Waals surface area contributed by atoms with Crippen molar-refractivity contribution in [3.8, 4) is 23.0 Å². The molecule has 2 heterocycles. The third-order valence-electron chi connectivity index (χ3n) is 7.23. The van der Waals surface area contributed by atoms with Gasteiger partial charge in [0.25, 0.3) is 5.56 Å². The van der Waals surface area contributed by atoms with Crippen LogP contribution in [0, 0.1) is 5.82 Å². The minimum absolute atomic E-state index is 0.0918. The molecule has 1 aromatic heterocycles. The van der Waals surface area contributed by atoms with E-state index in [9.17, 15) is 14.0 Å². The van der Waals surface area contributed by atoms with E-state index in [1.165, 1.54) is 42.3 Å². The number of aromatic nitrogens is 1. The molecule has 0 unspecified atom stereocenters. The number of allylic oxidation sites excluding steroid dienone is 1. The number of hydrogen-bond acceptors (Lipinski definition) is 9. The fourth-order valence-corrected chi connectivity index (χ4v) is 6.68. The van der Waals surface area contributed by atoms with Crippen LogP contribution in [-0.4, -0.2) is 37.5 Å². The molecular weight excluding hydrogens is 691 g/mol. The second-order valence-corrected chi connectivity index (χ2v) is 12.7. The van der Waals surface area contributed by atoms with Gasteiger partial charge < -0.3 is 23.7 Å². The number of ether oxygens (including phenoxy) is 5. The monoisotopic (exact) mass is 724 g/mol. The van der Waals surface area contributed by atoms with Crippen LogP contribution in [0.25, 0.3) is 6.08 Å². The van der Waals surface area contributed by atoms with Crippen LogP contribution >= 0.6 is 27.3 Å². The van der Waals surface area contributed by atoms with E-state index < -0.39 is 12.0 Å². The van der Waals surface area contributed by atoms with Gasteiger partial charge in [-0.25, -0.2) is 14.2 Å². The first-order chi connectivity index (χ1) is 22.5. The number of carbonyl (C=O) groups excluding carboxylic acids is 1. The average Bonchev–Trinajstić information content (AvgIpc) is 3.34. The van der Waals surface area contributed by atoms with E-state index in [0.29, 0.717) is 53.6 Å². The zero-order chi connectivity index (χ0) is 33.8. The van der Waals surface area contributed by atoms with Gasteiger partial charge in [0.1, 0.15) is 12.4 Å². The number of carbonyl (C=O) groups is 1. The van der Waals surface area contributed by atoms with Crippen LogP contribution in [0.2, 0.25) is 0 Å². The Bertz CT molecular complexity index is 2020. The number of nitrogens with zero attached hydrogens (tertiary/aromatic N) is 2. The summed E-state index contributed by atoms with van der Waals surface area (Å²) in [5.41, 5.74) is 2.27. The molecule has 12 heteroatoms. The average molecular weight is 726 g/mol. The SMILES string of the molecule is CCOC(=O)C1=C(C)N=c2s/c(=C/c3cc(Br)cc(OC)c3OCc3ccc(F)cc3)c(=O)n2[C@H]1c1ccc(OC(C)C)c(OC)c1. The molecule has 0 amide bonds. The van der Waals surface area contributed by atoms with E-state index in [2.05, 4.69) is 20.9 Å². The highest BCUT2D eigenvalue weighted by Gasteiger charge is 2.34. The zero-order valence-corrected chi connectivity index (χ0v) is 29.2. The van der Waals surface area contributed by atoms with E-state index in [1.807, 2.05) is 19.9 Å². The fourth-order valence-electron chi connectivity index (χ4n) is 5.19. The number of benzene rings is 3. The molecule has 0 N–H and O–H groups in total. The minimum Gasteiger partial charge on any atom is -0.493 e. The van der Waals surface area contributed by atoms with Crippen LogP contribution in [0.4, 0.5) is 4.39 Å². The third-order valence-corrected chi connectivity index (χ3v) is 8.68. The molecule has 0 aliphatic carbocycles. The number of esters is 1. The molecule has 47 heavy (non-hydrogen) atoms. The Morgan fingerprint density at radius 1 is 1.06 bits per heavy atom. The Hall–Kier alpha value is -4.42. The minimum atomic E-state index is -0.847. The summed E-state index contributed by atoms with van der Waals surface area (Å²) in [6, 6.07) is 14.1. The molecule has 0 bridgehead atoms. The van der Waals surface area contributed by atoms with E-state index >= 15 is 0 Å². The first-order valence-electron chi connectivity index (χ1n) is 14.8. The molecule has 0 saturated heterocycles. The maximum atomic E-state index is 14.3. The van der Waals surface area contributed by atoms with Crippen molar-refractivity contribution in [2.45, 2.75) is 46.4 Å². The summed E-state index contributed by atoms with van der Waals surface area (Å²) in [5, 5.41) is 0. The van der Waals surface area contributed by atoms with Crippen molar-refractivity contribution < 1.29 is 32.9 Å². The summed E-state index contributed by atoms with van der Waals surface area (Å²) in [6.45, 7) is 7.57. The highest BCUT2D eigenvalue weighted by Crippen LogP contribution is 2.38.